The van der Waals surface area contributed by atoms with Crippen LogP contribution in [0.15, 0.2) is 40.8 Å². The van der Waals surface area contributed by atoms with Crippen molar-refractivity contribution in [1.29, 1.82) is 5.26 Å². The summed E-state index contributed by atoms with van der Waals surface area (Å²) in [7, 11) is 1.52. The molecule has 0 radical (unpaired) electrons. The average Bonchev–Trinajstić information content (AvgIpc) is 2.98. The zero-order valence-electron chi connectivity index (χ0n) is 19.0. The van der Waals surface area contributed by atoms with E-state index in [1.807, 2.05) is 56.5 Å². The Balaban J connectivity index is 2.15. The third-order valence-corrected chi connectivity index (χ3v) is 5.72. The quantitative estimate of drug-likeness (QED) is 0.374. The molecule has 164 valence electrons. The highest BCUT2D eigenvalue weighted by atomic mass is 32.2. The molecule has 0 unspecified atom stereocenters. The van der Waals surface area contributed by atoms with Crippen LogP contribution in [-0.2, 0) is 16.1 Å². The van der Waals surface area contributed by atoms with Gasteiger partial charge in [-0.05, 0) is 55.9 Å². The molecule has 1 aromatic heterocycles. The first-order valence-corrected chi connectivity index (χ1v) is 11.4. The van der Waals surface area contributed by atoms with Gasteiger partial charge in [-0.2, -0.15) is 5.26 Å². The van der Waals surface area contributed by atoms with E-state index in [1.165, 1.54) is 23.7 Å². The number of rotatable bonds is 8. The molecule has 0 atom stereocenters. The molecule has 2 amide bonds. The van der Waals surface area contributed by atoms with Crippen LogP contribution in [-0.4, -0.2) is 41.1 Å². The molecular formula is C24H30N4O2S. The second kappa shape index (κ2) is 10.9. The van der Waals surface area contributed by atoms with Crippen molar-refractivity contribution in [3.8, 4) is 6.07 Å². The number of benzene rings is 1. The second-order valence-electron chi connectivity index (χ2n) is 7.91. The Morgan fingerprint density at radius 3 is 2.58 bits per heavy atom. The van der Waals surface area contributed by atoms with E-state index in [-0.39, 0.29) is 18.0 Å². The van der Waals surface area contributed by atoms with Crippen LogP contribution in [0, 0.1) is 31.1 Å². The molecule has 0 saturated heterocycles. The molecule has 2 aromatic rings. The first-order chi connectivity index (χ1) is 14.7. The number of aryl methyl sites for hydroxylation is 1. The van der Waals surface area contributed by atoms with Gasteiger partial charge in [-0.1, -0.05) is 26.0 Å². The Hall–Kier alpha value is -2.98. The third-order valence-electron chi connectivity index (χ3n) is 4.92. The topological polar surface area (TPSA) is 78.1 Å². The lowest BCUT2D eigenvalue weighted by atomic mass is 10.1. The lowest BCUT2D eigenvalue weighted by molar-refractivity contribution is -0.129. The molecule has 0 aliphatic carbocycles. The number of carbonyl (C=O) groups is 2. The Morgan fingerprint density at radius 2 is 1.97 bits per heavy atom. The number of nitrogens with zero attached hydrogens (tertiary/aromatic N) is 3. The van der Waals surface area contributed by atoms with Gasteiger partial charge in [0, 0.05) is 29.9 Å². The Labute approximate surface area is 188 Å². The average molecular weight is 439 g/mol. The summed E-state index contributed by atoms with van der Waals surface area (Å²) in [6.07, 6.45) is 3.54. The summed E-state index contributed by atoms with van der Waals surface area (Å²) in [5.41, 5.74) is 3.65. The molecular weight excluding hydrogens is 408 g/mol. The van der Waals surface area contributed by atoms with Crippen LogP contribution >= 0.6 is 11.8 Å². The maximum absolute atomic E-state index is 12.8. The van der Waals surface area contributed by atoms with Gasteiger partial charge < -0.3 is 14.8 Å². The molecule has 1 N–H and O–H groups in total. The Morgan fingerprint density at radius 1 is 1.29 bits per heavy atom. The molecule has 7 heteroatoms. The monoisotopic (exact) mass is 438 g/mol. The van der Waals surface area contributed by atoms with Gasteiger partial charge in [0.2, 0.25) is 5.91 Å². The molecule has 1 aromatic carbocycles. The Bertz CT molecular complexity index is 1030. The van der Waals surface area contributed by atoms with E-state index in [0.29, 0.717) is 11.6 Å². The number of aromatic nitrogens is 1. The molecule has 0 fully saturated rings. The van der Waals surface area contributed by atoms with E-state index in [2.05, 4.69) is 23.7 Å². The standard InChI is InChI=1S/C24H30N4O2S/c1-16(2)14-28-17(3)11-19(18(28)4)12-20(13-25)24(30)27(5)15-23(29)26-21-9-7-8-10-22(21)31-6/h7-12,16H,14-15H2,1-6H3,(H,26,29)/b20-12-. The summed E-state index contributed by atoms with van der Waals surface area (Å²) in [5.74, 6) is -0.311. The fraction of sp³-hybridized carbons (Fsp3) is 0.375. The predicted molar refractivity (Wildman–Crippen MR) is 127 cm³/mol. The summed E-state index contributed by atoms with van der Waals surface area (Å²) >= 11 is 1.53. The molecule has 0 saturated carbocycles. The number of carbonyl (C=O) groups excluding carboxylic acids is 2. The van der Waals surface area contributed by atoms with Crippen LogP contribution in [0.2, 0.25) is 0 Å². The summed E-state index contributed by atoms with van der Waals surface area (Å²) in [6, 6.07) is 11.5. The van der Waals surface area contributed by atoms with Crippen molar-refractivity contribution >= 4 is 35.3 Å². The number of anilines is 1. The number of hydrogen-bond acceptors (Lipinski definition) is 4. The fourth-order valence-corrected chi connectivity index (χ4v) is 3.90. The molecule has 2 rings (SSSR count). The smallest absolute Gasteiger partial charge is 0.264 e. The van der Waals surface area contributed by atoms with Gasteiger partial charge in [0.25, 0.3) is 5.91 Å². The first kappa shape index (κ1) is 24.3. The van der Waals surface area contributed by atoms with Crippen molar-refractivity contribution < 1.29 is 9.59 Å². The molecule has 31 heavy (non-hydrogen) atoms. The van der Waals surface area contributed by atoms with Crippen LogP contribution in [0.1, 0.15) is 30.8 Å². The molecule has 0 aliphatic heterocycles. The minimum Gasteiger partial charge on any atom is -0.348 e. The predicted octanol–water partition coefficient (Wildman–Crippen LogP) is 4.49. The van der Waals surface area contributed by atoms with Gasteiger partial charge in [-0.15, -0.1) is 11.8 Å². The number of nitrogens with one attached hydrogen (secondary N) is 1. The number of amides is 2. The van der Waals surface area contributed by atoms with Crippen LogP contribution in [0.3, 0.4) is 0 Å². The van der Waals surface area contributed by atoms with Crippen molar-refractivity contribution in [2.24, 2.45) is 5.92 Å². The van der Waals surface area contributed by atoms with E-state index in [1.54, 1.807) is 6.08 Å². The van der Waals surface area contributed by atoms with Crippen LogP contribution in [0.4, 0.5) is 5.69 Å². The van der Waals surface area contributed by atoms with E-state index in [0.717, 1.165) is 28.4 Å². The van der Waals surface area contributed by atoms with Crippen molar-refractivity contribution in [3.05, 3.63) is 52.9 Å². The van der Waals surface area contributed by atoms with E-state index < -0.39 is 5.91 Å². The molecule has 6 nitrogen and oxygen atoms in total. The highest BCUT2D eigenvalue weighted by molar-refractivity contribution is 7.98. The maximum atomic E-state index is 12.8. The normalized spacial score (nSPS) is 11.4. The zero-order chi connectivity index (χ0) is 23.1. The second-order valence-corrected chi connectivity index (χ2v) is 8.76. The molecule has 1 heterocycles. The minimum absolute atomic E-state index is 0.00427. The first-order valence-electron chi connectivity index (χ1n) is 10.1. The summed E-state index contributed by atoms with van der Waals surface area (Å²) in [4.78, 5) is 27.5. The summed E-state index contributed by atoms with van der Waals surface area (Å²) in [5, 5.41) is 12.4. The van der Waals surface area contributed by atoms with Crippen molar-refractivity contribution in [2.45, 2.75) is 39.1 Å². The summed E-state index contributed by atoms with van der Waals surface area (Å²) in [6.45, 7) is 9.03. The summed E-state index contributed by atoms with van der Waals surface area (Å²) < 4.78 is 2.19. The van der Waals surface area contributed by atoms with Gasteiger partial charge >= 0.3 is 0 Å². The minimum atomic E-state index is -0.482. The van der Waals surface area contributed by atoms with Crippen LogP contribution < -0.4 is 5.32 Å². The Kier molecular flexibility index (Phi) is 8.52. The molecule has 0 bridgehead atoms. The van der Waals surface area contributed by atoms with Gasteiger partial charge in [-0.25, -0.2) is 0 Å². The largest absolute Gasteiger partial charge is 0.348 e. The lowest BCUT2D eigenvalue weighted by Crippen LogP contribution is -2.35. The fourth-order valence-electron chi connectivity index (χ4n) is 3.35. The van der Waals surface area contributed by atoms with Gasteiger partial charge in [0.05, 0.1) is 12.2 Å². The highest BCUT2D eigenvalue weighted by Gasteiger charge is 2.19. The lowest BCUT2D eigenvalue weighted by Gasteiger charge is -2.17. The van der Waals surface area contributed by atoms with Gasteiger partial charge in [0.15, 0.2) is 0 Å². The molecule has 0 aliphatic rings. The van der Waals surface area contributed by atoms with Crippen LogP contribution in [0.25, 0.3) is 6.08 Å². The number of hydrogen-bond donors (Lipinski definition) is 1. The SMILES string of the molecule is CSc1ccccc1NC(=O)CN(C)C(=O)/C(C#N)=C\c1cc(C)n(CC(C)C)c1C. The zero-order valence-corrected chi connectivity index (χ0v) is 19.8. The number of thioether (sulfide) groups is 1. The highest BCUT2D eigenvalue weighted by Crippen LogP contribution is 2.24. The molecule has 0 spiro atoms. The number of para-hydroxylation sites is 1. The van der Waals surface area contributed by atoms with E-state index in [9.17, 15) is 14.9 Å². The van der Waals surface area contributed by atoms with Gasteiger partial charge in [0.1, 0.15) is 11.6 Å². The van der Waals surface area contributed by atoms with Gasteiger partial charge in [-0.3, -0.25) is 9.59 Å². The third kappa shape index (κ3) is 6.25. The van der Waals surface area contributed by atoms with Crippen LogP contribution in [0.5, 0.6) is 0 Å². The van der Waals surface area contributed by atoms with E-state index >= 15 is 0 Å². The maximum Gasteiger partial charge on any atom is 0.264 e. The van der Waals surface area contributed by atoms with Crippen molar-refractivity contribution in [3.63, 3.8) is 0 Å². The number of nitriles is 1. The van der Waals surface area contributed by atoms with Crippen molar-refractivity contribution in [1.82, 2.24) is 9.47 Å². The van der Waals surface area contributed by atoms with Crippen molar-refractivity contribution in [2.75, 3.05) is 25.2 Å². The van der Waals surface area contributed by atoms with E-state index in [4.69, 9.17) is 0 Å². The number of likely N-dealkylation sites (N-methyl/N-ethyl adjacent to an activating group) is 1.